The number of nitrogens with one attached hydrogen (secondary N) is 2. The minimum absolute atomic E-state index is 0. The first-order valence-corrected chi connectivity index (χ1v) is 9.34. The standard InChI is InChI=1S/C20H22N8O.2ClH/c1-11(2)28-19-14(10-22-28)8-16(12(3)23-19)20(29)24-15-6-4-13(5-7-15)18-25-17(9-21)26-27-18;;/h4-8,10-11H,9,21H2,1-3H3,(H,24,29)(H,25,26,27);2*1H. The quantitative estimate of drug-likeness (QED) is 0.415. The van der Waals surface area contributed by atoms with E-state index in [1.165, 1.54) is 0 Å². The fourth-order valence-corrected chi connectivity index (χ4v) is 3.09. The first-order chi connectivity index (χ1) is 14.0. The van der Waals surface area contributed by atoms with E-state index >= 15 is 0 Å². The number of H-pyrrole nitrogens is 1. The van der Waals surface area contributed by atoms with Gasteiger partial charge in [0.15, 0.2) is 11.5 Å². The number of pyridine rings is 1. The number of hydrogen-bond acceptors (Lipinski definition) is 6. The van der Waals surface area contributed by atoms with Gasteiger partial charge in [-0.2, -0.15) is 10.2 Å². The molecule has 0 saturated carbocycles. The highest BCUT2D eigenvalue weighted by Gasteiger charge is 2.15. The highest BCUT2D eigenvalue weighted by Crippen LogP contribution is 2.22. The second-order valence-electron chi connectivity index (χ2n) is 7.06. The van der Waals surface area contributed by atoms with Gasteiger partial charge in [-0.05, 0) is 51.1 Å². The van der Waals surface area contributed by atoms with Crippen molar-refractivity contribution in [2.75, 3.05) is 5.32 Å². The molecule has 4 N–H and O–H groups in total. The molecule has 9 nitrogen and oxygen atoms in total. The SMILES string of the molecule is Cc1nc2c(cnn2C(C)C)cc1C(=O)Nc1ccc(-c2n[nH]c(CN)n2)cc1.Cl.Cl. The van der Waals surface area contributed by atoms with Gasteiger partial charge < -0.3 is 11.1 Å². The smallest absolute Gasteiger partial charge is 0.257 e. The molecule has 0 bridgehead atoms. The maximum atomic E-state index is 12.8. The molecule has 3 heterocycles. The van der Waals surface area contributed by atoms with Crippen molar-refractivity contribution in [2.45, 2.75) is 33.4 Å². The van der Waals surface area contributed by atoms with Gasteiger partial charge in [0, 0.05) is 22.7 Å². The van der Waals surface area contributed by atoms with Gasteiger partial charge in [0.1, 0.15) is 5.82 Å². The molecule has 1 amide bonds. The summed E-state index contributed by atoms with van der Waals surface area (Å²) < 4.78 is 1.85. The second-order valence-corrected chi connectivity index (χ2v) is 7.06. The fourth-order valence-electron chi connectivity index (χ4n) is 3.09. The van der Waals surface area contributed by atoms with E-state index in [1.54, 1.807) is 6.20 Å². The first-order valence-electron chi connectivity index (χ1n) is 9.34. The van der Waals surface area contributed by atoms with Crippen molar-refractivity contribution in [3.63, 3.8) is 0 Å². The average molecular weight is 463 g/mol. The van der Waals surface area contributed by atoms with Crippen molar-refractivity contribution >= 4 is 47.4 Å². The molecule has 0 unspecified atom stereocenters. The largest absolute Gasteiger partial charge is 0.324 e. The van der Waals surface area contributed by atoms with E-state index in [1.807, 2.05) is 55.8 Å². The Hall–Kier alpha value is -3.01. The van der Waals surface area contributed by atoms with Crippen molar-refractivity contribution in [3.8, 4) is 11.4 Å². The van der Waals surface area contributed by atoms with Crippen molar-refractivity contribution in [1.29, 1.82) is 0 Å². The Morgan fingerprint density at radius 1 is 1.19 bits per heavy atom. The highest BCUT2D eigenvalue weighted by atomic mass is 35.5. The number of nitrogens with two attached hydrogens (primary N) is 1. The highest BCUT2D eigenvalue weighted by molar-refractivity contribution is 6.06. The zero-order chi connectivity index (χ0) is 20.5. The molecule has 3 aromatic heterocycles. The lowest BCUT2D eigenvalue weighted by molar-refractivity contribution is 0.102. The number of aryl methyl sites for hydroxylation is 1. The van der Waals surface area contributed by atoms with E-state index in [4.69, 9.17) is 5.73 Å². The molecule has 0 atom stereocenters. The Bertz CT molecular complexity index is 1180. The molecule has 0 aliphatic carbocycles. The number of fused-ring (bicyclic) bond motifs is 1. The number of nitrogens with zero attached hydrogens (tertiary/aromatic N) is 5. The molecule has 1 aromatic carbocycles. The predicted molar refractivity (Wildman–Crippen MR) is 125 cm³/mol. The molecular weight excluding hydrogens is 439 g/mol. The number of aromatic nitrogens is 6. The van der Waals surface area contributed by atoms with E-state index in [-0.39, 0.29) is 36.8 Å². The van der Waals surface area contributed by atoms with Gasteiger partial charge >= 0.3 is 0 Å². The summed E-state index contributed by atoms with van der Waals surface area (Å²) >= 11 is 0. The van der Waals surface area contributed by atoms with Gasteiger partial charge in [-0.3, -0.25) is 9.89 Å². The molecule has 31 heavy (non-hydrogen) atoms. The minimum atomic E-state index is -0.217. The van der Waals surface area contributed by atoms with Crippen molar-refractivity contribution in [2.24, 2.45) is 5.73 Å². The maximum absolute atomic E-state index is 12.8. The molecule has 0 aliphatic heterocycles. The van der Waals surface area contributed by atoms with Crippen LogP contribution in [0.25, 0.3) is 22.4 Å². The van der Waals surface area contributed by atoms with Crippen molar-refractivity contribution in [3.05, 3.63) is 53.6 Å². The van der Waals surface area contributed by atoms with Gasteiger partial charge in [0.2, 0.25) is 0 Å². The molecule has 164 valence electrons. The van der Waals surface area contributed by atoms with Crippen LogP contribution in [0.1, 0.15) is 41.8 Å². The number of anilines is 1. The summed E-state index contributed by atoms with van der Waals surface area (Å²) in [5, 5.41) is 15.0. The Morgan fingerprint density at radius 3 is 2.52 bits per heavy atom. The molecule has 11 heteroatoms. The monoisotopic (exact) mass is 462 g/mol. The van der Waals surface area contributed by atoms with E-state index < -0.39 is 0 Å². The molecule has 0 saturated heterocycles. The fraction of sp³-hybridized carbons (Fsp3) is 0.250. The van der Waals surface area contributed by atoms with E-state index in [0.717, 1.165) is 16.6 Å². The lowest BCUT2D eigenvalue weighted by atomic mass is 10.1. The zero-order valence-corrected chi connectivity index (χ0v) is 18.9. The summed E-state index contributed by atoms with van der Waals surface area (Å²) in [7, 11) is 0. The van der Waals surface area contributed by atoms with Gasteiger partial charge in [0.05, 0.1) is 24.0 Å². The second kappa shape index (κ2) is 9.86. The third-order valence-electron chi connectivity index (χ3n) is 4.62. The third-order valence-corrected chi connectivity index (χ3v) is 4.62. The zero-order valence-electron chi connectivity index (χ0n) is 17.3. The number of benzene rings is 1. The van der Waals surface area contributed by atoms with Gasteiger partial charge in [-0.1, -0.05) is 0 Å². The lowest BCUT2D eigenvalue weighted by Gasteiger charge is -2.10. The van der Waals surface area contributed by atoms with Crippen LogP contribution in [0.3, 0.4) is 0 Å². The van der Waals surface area contributed by atoms with E-state index in [0.29, 0.717) is 35.1 Å². The number of amides is 1. The summed E-state index contributed by atoms with van der Waals surface area (Å²) in [4.78, 5) is 21.7. The Kier molecular flexibility index (Phi) is 7.72. The summed E-state index contributed by atoms with van der Waals surface area (Å²) in [6, 6.07) is 9.34. The van der Waals surface area contributed by atoms with Crippen LogP contribution in [0.5, 0.6) is 0 Å². The van der Waals surface area contributed by atoms with Crippen LogP contribution >= 0.6 is 24.8 Å². The van der Waals surface area contributed by atoms with Crippen LogP contribution in [0, 0.1) is 6.92 Å². The molecular formula is C20H24Cl2N8O. The normalized spacial score (nSPS) is 10.6. The summed E-state index contributed by atoms with van der Waals surface area (Å²) in [6.07, 6.45) is 1.74. The van der Waals surface area contributed by atoms with Gasteiger partial charge in [-0.25, -0.2) is 14.6 Å². The van der Waals surface area contributed by atoms with E-state index in [2.05, 4.69) is 30.6 Å². The molecule has 4 rings (SSSR count). The molecule has 4 aromatic rings. The summed E-state index contributed by atoms with van der Waals surface area (Å²) in [5.41, 5.74) is 9.01. The number of halogens is 2. The Morgan fingerprint density at radius 2 is 1.90 bits per heavy atom. The van der Waals surface area contributed by atoms with Crippen LogP contribution in [0.2, 0.25) is 0 Å². The van der Waals surface area contributed by atoms with Gasteiger partial charge in [-0.15, -0.1) is 24.8 Å². The Labute approximate surface area is 191 Å². The number of hydrogen-bond donors (Lipinski definition) is 3. The topological polar surface area (TPSA) is 127 Å². The predicted octanol–water partition coefficient (Wildman–Crippen LogP) is 3.66. The van der Waals surface area contributed by atoms with Crippen LogP contribution in [-0.4, -0.2) is 35.9 Å². The molecule has 0 spiro atoms. The number of rotatable bonds is 5. The van der Waals surface area contributed by atoms with Crippen LogP contribution in [-0.2, 0) is 6.54 Å². The van der Waals surface area contributed by atoms with Crippen molar-refractivity contribution in [1.82, 2.24) is 29.9 Å². The van der Waals surface area contributed by atoms with E-state index in [9.17, 15) is 4.79 Å². The van der Waals surface area contributed by atoms with Gasteiger partial charge in [0.25, 0.3) is 5.91 Å². The van der Waals surface area contributed by atoms with Crippen LogP contribution in [0.4, 0.5) is 5.69 Å². The Balaban J connectivity index is 0.00000171. The van der Waals surface area contributed by atoms with Crippen molar-refractivity contribution < 1.29 is 4.79 Å². The number of carbonyl (C=O) groups is 1. The maximum Gasteiger partial charge on any atom is 0.257 e. The molecule has 0 fully saturated rings. The van der Waals surface area contributed by atoms with Crippen LogP contribution in [0.15, 0.2) is 36.5 Å². The minimum Gasteiger partial charge on any atom is -0.324 e. The molecule has 0 aliphatic rings. The average Bonchev–Trinajstić information content (AvgIpc) is 3.34. The number of aromatic amines is 1. The third kappa shape index (κ3) is 4.84. The first kappa shape index (κ1) is 24.3. The summed E-state index contributed by atoms with van der Waals surface area (Å²) in [5.74, 6) is 0.970. The number of carbonyl (C=O) groups excluding carboxylic acids is 1. The lowest BCUT2D eigenvalue weighted by Crippen LogP contribution is -2.14. The molecule has 0 radical (unpaired) electrons. The van der Waals surface area contributed by atoms with Crippen LogP contribution < -0.4 is 11.1 Å². The summed E-state index contributed by atoms with van der Waals surface area (Å²) in [6.45, 7) is 6.22.